The lowest BCUT2D eigenvalue weighted by molar-refractivity contribution is -0.142. The molecule has 3 unspecified atom stereocenters. The number of thioether (sulfide) groups is 1. The molecule has 0 aromatic carbocycles. The van der Waals surface area contributed by atoms with Crippen molar-refractivity contribution < 1.29 is 19.5 Å². The van der Waals surface area contributed by atoms with Crippen LogP contribution in [0.4, 0.5) is 0 Å². The maximum absolute atomic E-state index is 13.5. The molecule has 3 aliphatic rings. The maximum atomic E-state index is 13.5. The highest BCUT2D eigenvalue weighted by Gasteiger charge is 2.76. The molecule has 7 atom stereocenters. The van der Waals surface area contributed by atoms with Gasteiger partial charge in [0.05, 0.1) is 29.2 Å². The van der Waals surface area contributed by atoms with Gasteiger partial charge in [-0.25, -0.2) is 0 Å². The molecule has 3 aliphatic heterocycles. The van der Waals surface area contributed by atoms with Crippen molar-refractivity contribution in [2.24, 2.45) is 11.8 Å². The summed E-state index contributed by atoms with van der Waals surface area (Å²) < 4.78 is -0.644. The lowest BCUT2D eigenvalue weighted by atomic mass is 9.70. The number of carbonyl (C=O) groups excluding carboxylic acids is 3. The summed E-state index contributed by atoms with van der Waals surface area (Å²) in [6.07, 6.45) is 1.20. The van der Waals surface area contributed by atoms with Crippen LogP contribution in [0.3, 0.4) is 0 Å². The molecule has 0 saturated carbocycles. The third kappa shape index (κ3) is 3.00. The standard InChI is InChI=1S/C18H28BrN3O4S/c1-5-9(7-23)22-14(16(25)21-8(2)3)18-6-10(19)13(27-18)11(15(24)20-4)12(18)17(22)26/h8-14,23H,5-7H2,1-4H3,(H,20,24)(H,21,25)/t9-,10?,11+,12-,13+,14?,18?/m0/s1. The third-order valence-corrected chi connectivity index (χ3v) is 9.25. The Morgan fingerprint density at radius 2 is 2.07 bits per heavy atom. The van der Waals surface area contributed by atoms with E-state index in [4.69, 9.17) is 0 Å². The second-order valence-corrected chi connectivity index (χ2v) is 10.6. The number of fused-ring (bicyclic) bond motifs is 1. The van der Waals surface area contributed by atoms with Gasteiger partial charge >= 0.3 is 0 Å². The number of nitrogens with one attached hydrogen (secondary N) is 2. The van der Waals surface area contributed by atoms with Crippen LogP contribution in [0.15, 0.2) is 0 Å². The second-order valence-electron chi connectivity index (χ2n) is 7.93. The molecular weight excluding hydrogens is 434 g/mol. The predicted molar refractivity (Wildman–Crippen MR) is 108 cm³/mol. The van der Waals surface area contributed by atoms with Gasteiger partial charge in [0, 0.05) is 23.2 Å². The zero-order chi connectivity index (χ0) is 20.1. The van der Waals surface area contributed by atoms with Crippen molar-refractivity contribution in [1.82, 2.24) is 15.5 Å². The zero-order valence-corrected chi connectivity index (χ0v) is 18.5. The summed E-state index contributed by atoms with van der Waals surface area (Å²) >= 11 is 5.30. The van der Waals surface area contributed by atoms with Gasteiger partial charge in [-0.3, -0.25) is 14.4 Å². The summed E-state index contributed by atoms with van der Waals surface area (Å²) in [5.74, 6) is -1.54. The van der Waals surface area contributed by atoms with Crippen LogP contribution in [-0.4, -0.2) is 74.3 Å². The molecule has 7 nitrogen and oxygen atoms in total. The van der Waals surface area contributed by atoms with Gasteiger partial charge in [0.25, 0.3) is 0 Å². The number of likely N-dealkylation sites (tertiary alicyclic amines) is 1. The van der Waals surface area contributed by atoms with Gasteiger partial charge in [-0.05, 0) is 26.7 Å². The first-order valence-corrected chi connectivity index (χ1v) is 11.3. The molecule has 1 spiro atoms. The van der Waals surface area contributed by atoms with Crippen LogP contribution in [0.25, 0.3) is 0 Å². The first-order chi connectivity index (χ1) is 12.7. The lowest BCUT2D eigenvalue weighted by Gasteiger charge is -2.37. The highest BCUT2D eigenvalue weighted by Crippen LogP contribution is 2.67. The Kier molecular flexibility index (Phi) is 5.85. The summed E-state index contributed by atoms with van der Waals surface area (Å²) in [6, 6.07) is -1.17. The minimum atomic E-state index is -0.681. The van der Waals surface area contributed by atoms with Crippen molar-refractivity contribution in [3.8, 4) is 0 Å². The Morgan fingerprint density at radius 1 is 1.41 bits per heavy atom. The van der Waals surface area contributed by atoms with Crippen molar-refractivity contribution in [1.29, 1.82) is 0 Å². The minimum absolute atomic E-state index is 0.0374. The van der Waals surface area contributed by atoms with Crippen LogP contribution in [0.5, 0.6) is 0 Å². The van der Waals surface area contributed by atoms with E-state index >= 15 is 0 Å². The number of alkyl halides is 1. The molecule has 3 N–H and O–H groups in total. The SMILES string of the molecule is CC[C@@H](CO)N1C(=O)[C@@H]2[C@@H](C(=O)NC)[C@@H]3SC2(CC3Br)C1C(=O)NC(C)C. The molecule has 0 aromatic rings. The summed E-state index contributed by atoms with van der Waals surface area (Å²) in [7, 11) is 1.58. The van der Waals surface area contributed by atoms with E-state index in [0.717, 1.165) is 0 Å². The summed E-state index contributed by atoms with van der Waals surface area (Å²) in [5, 5.41) is 15.5. The Hall–Kier alpha value is -0.800. The van der Waals surface area contributed by atoms with Gasteiger partial charge in [0.1, 0.15) is 6.04 Å². The summed E-state index contributed by atoms with van der Waals surface area (Å²) in [6.45, 7) is 5.47. The smallest absolute Gasteiger partial charge is 0.244 e. The molecule has 2 bridgehead atoms. The van der Waals surface area contributed by atoms with Gasteiger partial charge in [0.2, 0.25) is 17.7 Å². The van der Waals surface area contributed by atoms with E-state index in [1.165, 1.54) is 0 Å². The normalized spacial score (nSPS) is 38.3. The van der Waals surface area contributed by atoms with E-state index in [0.29, 0.717) is 12.8 Å². The number of amides is 3. The Labute approximate surface area is 172 Å². The third-order valence-electron chi connectivity index (χ3n) is 6.03. The summed E-state index contributed by atoms with van der Waals surface area (Å²) in [4.78, 5) is 41.0. The van der Waals surface area contributed by atoms with Crippen LogP contribution in [0, 0.1) is 11.8 Å². The number of aliphatic hydroxyl groups excluding tert-OH is 1. The van der Waals surface area contributed by atoms with Crippen molar-refractivity contribution in [2.75, 3.05) is 13.7 Å². The van der Waals surface area contributed by atoms with Gasteiger partial charge in [-0.15, -0.1) is 11.8 Å². The van der Waals surface area contributed by atoms with Crippen molar-refractivity contribution in [3.63, 3.8) is 0 Å². The number of aliphatic hydroxyl groups is 1. The lowest BCUT2D eigenvalue weighted by Crippen LogP contribution is -2.57. The molecule has 152 valence electrons. The fourth-order valence-corrected chi connectivity index (χ4v) is 8.60. The molecule has 0 radical (unpaired) electrons. The van der Waals surface area contributed by atoms with Crippen molar-refractivity contribution >= 4 is 45.4 Å². The number of hydrogen-bond acceptors (Lipinski definition) is 5. The molecule has 3 amide bonds. The van der Waals surface area contributed by atoms with Crippen LogP contribution in [0.1, 0.15) is 33.6 Å². The molecule has 9 heteroatoms. The van der Waals surface area contributed by atoms with Gasteiger partial charge in [0.15, 0.2) is 0 Å². The Balaban J connectivity index is 2.09. The average Bonchev–Trinajstić information content (AvgIpc) is 3.19. The van der Waals surface area contributed by atoms with Gasteiger partial charge < -0.3 is 20.6 Å². The van der Waals surface area contributed by atoms with E-state index in [1.54, 1.807) is 23.7 Å². The van der Waals surface area contributed by atoms with E-state index in [2.05, 4.69) is 26.6 Å². The minimum Gasteiger partial charge on any atom is -0.394 e. The number of hydrogen-bond donors (Lipinski definition) is 3. The van der Waals surface area contributed by atoms with E-state index < -0.39 is 28.7 Å². The number of rotatable bonds is 6. The molecular formula is C18H28BrN3O4S. The Bertz CT molecular complexity index is 644. The van der Waals surface area contributed by atoms with E-state index in [-0.39, 0.29) is 40.4 Å². The fourth-order valence-electron chi connectivity index (χ4n) is 5.00. The van der Waals surface area contributed by atoms with E-state index in [1.807, 2.05) is 20.8 Å². The second kappa shape index (κ2) is 7.55. The molecule has 3 heterocycles. The monoisotopic (exact) mass is 461 g/mol. The van der Waals surface area contributed by atoms with Gasteiger partial charge in [-0.1, -0.05) is 22.9 Å². The zero-order valence-electron chi connectivity index (χ0n) is 16.1. The van der Waals surface area contributed by atoms with Crippen LogP contribution in [0.2, 0.25) is 0 Å². The Morgan fingerprint density at radius 3 is 2.59 bits per heavy atom. The number of carbonyl (C=O) groups is 3. The first kappa shape index (κ1) is 20.9. The number of halogens is 1. The molecule has 3 rings (SSSR count). The summed E-state index contributed by atoms with van der Waals surface area (Å²) in [5.41, 5.74) is 0. The quantitative estimate of drug-likeness (QED) is 0.500. The topological polar surface area (TPSA) is 98.7 Å². The molecule has 3 saturated heterocycles. The molecule has 0 aliphatic carbocycles. The highest BCUT2D eigenvalue weighted by molar-refractivity contribution is 9.09. The van der Waals surface area contributed by atoms with Crippen molar-refractivity contribution in [3.05, 3.63) is 0 Å². The maximum Gasteiger partial charge on any atom is 0.244 e. The van der Waals surface area contributed by atoms with Crippen LogP contribution in [-0.2, 0) is 14.4 Å². The molecule has 3 fully saturated rings. The van der Waals surface area contributed by atoms with Crippen LogP contribution < -0.4 is 10.6 Å². The molecule has 0 aromatic heterocycles. The molecule has 27 heavy (non-hydrogen) atoms. The van der Waals surface area contributed by atoms with E-state index in [9.17, 15) is 19.5 Å². The van der Waals surface area contributed by atoms with Crippen molar-refractivity contribution in [2.45, 2.75) is 66.6 Å². The first-order valence-electron chi connectivity index (χ1n) is 9.50. The van der Waals surface area contributed by atoms with Crippen LogP contribution >= 0.6 is 27.7 Å². The van der Waals surface area contributed by atoms with Gasteiger partial charge in [-0.2, -0.15) is 0 Å². The fraction of sp³-hybridized carbons (Fsp3) is 0.833. The average molecular weight is 462 g/mol. The largest absolute Gasteiger partial charge is 0.394 e. The highest BCUT2D eigenvalue weighted by atomic mass is 79.9. The number of nitrogens with zero attached hydrogens (tertiary/aromatic N) is 1. The predicted octanol–water partition coefficient (Wildman–Crippen LogP) is 0.493.